The van der Waals surface area contributed by atoms with Crippen molar-refractivity contribution in [3.05, 3.63) is 29.3 Å². The molecule has 1 aliphatic heterocycles. The van der Waals surface area contributed by atoms with Gasteiger partial charge in [-0.2, -0.15) is 0 Å². The molecule has 3 nitrogen and oxygen atoms in total. The molecular weight excluding hydrogens is 226 g/mol. The van der Waals surface area contributed by atoms with Crippen LogP contribution in [0, 0.1) is 6.92 Å². The second-order valence-electron chi connectivity index (χ2n) is 5.13. The molecule has 1 aromatic carbocycles. The smallest absolute Gasteiger partial charge is 0.122 e. The predicted octanol–water partition coefficient (Wildman–Crippen LogP) is 2.27. The maximum atomic E-state index is 5.56. The molecule has 1 aromatic rings. The van der Waals surface area contributed by atoms with Gasteiger partial charge in [-0.05, 0) is 32.9 Å². The van der Waals surface area contributed by atoms with Crippen molar-refractivity contribution in [2.75, 3.05) is 33.9 Å². The highest BCUT2D eigenvalue weighted by atomic mass is 16.5. The molecule has 1 N–H and O–H groups in total. The van der Waals surface area contributed by atoms with Gasteiger partial charge < -0.3 is 14.8 Å². The zero-order chi connectivity index (χ0) is 13.0. The summed E-state index contributed by atoms with van der Waals surface area (Å²) in [5.41, 5.74) is 2.75. The van der Waals surface area contributed by atoms with Crippen LogP contribution in [0.25, 0.3) is 0 Å². The van der Waals surface area contributed by atoms with Crippen LogP contribution in [0.15, 0.2) is 18.2 Å². The molecule has 1 heterocycles. The van der Waals surface area contributed by atoms with Gasteiger partial charge in [0.2, 0.25) is 0 Å². The minimum Gasteiger partial charge on any atom is -0.496 e. The first-order valence-corrected chi connectivity index (χ1v) is 6.59. The molecule has 0 atom stereocenters. The Morgan fingerprint density at radius 1 is 1.33 bits per heavy atom. The molecule has 0 aromatic heterocycles. The van der Waals surface area contributed by atoms with Crippen molar-refractivity contribution in [1.29, 1.82) is 0 Å². The van der Waals surface area contributed by atoms with Gasteiger partial charge >= 0.3 is 0 Å². The van der Waals surface area contributed by atoms with Crippen molar-refractivity contribution >= 4 is 0 Å². The van der Waals surface area contributed by atoms with E-state index >= 15 is 0 Å². The summed E-state index contributed by atoms with van der Waals surface area (Å²) in [6.45, 7) is 4.77. The van der Waals surface area contributed by atoms with E-state index in [1.807, 2.05) is 7.05 Å². The molecule has 0 aliphatic carbocycles. The summed E-state index contributed by atoms with van der Waals surface area (Å²) < 4.78 is 11.1. The fraction of sp³-hybridized carbons (Fsp3) is 0.600. The van der Waals surface area contributed by atoms with E-state index in [2.05, 4.69) is 30.4 Å². The Kier molecular flexibility index (Phi) is 4.25. The van der Waals surface area contributed by atoms with Gasteiger partial charge in [0.15, 0.2) is 0 Å². The van der Waals surface area contributed by atoms with E-state index in [0.29, 0.717) is 0 Å². The Morgan fingerprint density at radius 2 is 2.06 bits per heavy atom. The molecule has 0 unspecified atom stereocenters. The number of nitrogens with one attached hydrogen (secondary N) is 1. The van der Waals surface area contributed by atoms with Gasteiger partial charge in [-0.1, -0.05) is 17.7 Å². The zero-order valence-corrected chi connectivity index (χ0v) is 11.6. The lowest BCUT2D eigenvalue weighted by Crippen LogP contribution is -2.42. The van der Waals surface area contributed by atoms with Gasteiger partial charge in [0, 0.05) is 30.7 Å². The van der Waals surface area contributed by atoms with E-state index in [1.165, 1.54) is 11.1 Å². The minimum atomic E-state index is 0.143. The summed E-state index contributed by atoms with van der Waals surface area (Å²) in [7, 11) is 3.76. The molecular formula is C15H23NO2. The fourth-order valence-electron chi connectivity index (χ4n) is 2.88. The molecule has 1 aliphatic rings. The summed E-state index contributed by atoms with van der Waals surface area (Å²) in [4.78, 5) is 0. The lowest BCUT2D eigenvalue weighted by molar-refractivity contribution is 0.0497. The van der Waals surface area contributed by atoms with Gasteiger partial charge in [0.25, 0.3) is 0 Å². The summed E-state index contributed by atoms with van der Waals surface area (Å²) in [6, 6.07) is 6.45. The van der Waals surface area contributed by atoms with Gasteiger partial charge in [-0.3, -0.25) is 0 Å². The van der Waals surface area contributed by atoms with Gasteiger partial charge in [0.05, 0.1) is 7.11 Å². The van der Waals surface area contributed by atoms with E-state index < -0.39 is 0 Å². The van der Waals surface area contributed by atoms with Crippen LogP contribution >= 0.6 is 0 Å². The number of aryl methyl sites for hydroxylation is 1. The Hall–Kier alpha value is -1.06. The van der Waals surface area contributed by atoms with Gasteiger partial charge in [-0.25, -0.2) is 0 Å². The Labute approximate surface area is 109 Å². The highest BCUT2D eigenvalue weighted by Gasteiger charge is 2.36. The topological polar surface area (TPSA) is 30.5 Å². The monoisotopic (exact) mass is 249 g/mol. The van der Waals surface area contributed by atoms with Crippen LogP contribution in [0.4, 0.5) is 0 Å². The lowest BCUT2D eigenvalue weighted by atomic mass is 9.73. The second-order valence-corrected chi connectivity index (χ2v) is 5.13. The van der Waals surface area contributed by atoms with Crippen molar-refractivity contribution in [3.8, 4) is 5.75 Å². The zero-order valence-electron chi connectivity index (χ0n) is 11.6. The number of hydrogen-bond donors (Lipinski definition) is 1. The largest absolute Gasteiger partial charge is 0.496 e. The number of rotatable bonds is 4. The first-order valence-electron chi connectivity index (χ1n) is 6.59. The summed E-state index contributed by atoms with van der Waals surface area (Å²) in [5.74, 6) is 0.998. The molecule has 0 spiro atoms. The van der Waals surface area contributed by atoms with Crippen molar-refractivity contribution < 1.29 is 9.47 Å². The van der Waals surface area contributed by atoms with Crippen molar-refractivity contribution in [2.45, 2.75) is 25.2 Å². The van der Waals surface area contributed by atoms with Crippen LogP contribution in [0.2, 0.25) is 0 Å². The molecule has 0 saturated carbocycles. The minimum absolute atomic E-state index is 0.143. The average molecular weight is 249 g/mol. The predicted molar refractivity (Wildman–Crippen MR) is 73.4 cm³/mol. The average Bonchev–Trinajstić information content (AvgIpc) is 2.40. The molecule has 0 bridgehead atoms. The van der Waals surface area contributed by atoms with Gasteiger partial charge in [-0.15, -0.1) is 0 Å². The maximum Gasteiger partial charge on any atom is 0.122 e. The third kappa shape index (κ3) is 2.52. The highest BCUT2D eigenvalue weighted by molar-refractivity contribution is 5.43. The second kappa shape index (κ2) is 5.72. The molecule has 0 radical (unpaired) electrons. The van der Waals surface area contributed by atoms with Crippen LogP contribution in [0.5, 0.6) is 5.75 Å². The van der Waals surface area contributed by atoms with E-state index in [0.717, 1.165) is 38.3 Å². The molecule has 2 rings (SSSR count). The van der Waals surface area contributed by atoms with Crippen molar-refractivity contribution in [3.63, 3.8) is 0 Å². The highest BCUT2D eigenvalue weighted by Crippen LogP contribution is 2.39. The van der Waals surface area contributed by atoms with Crippen LogP contribution < -0.4 is 10.1 Å². The molecule has 3 heteroatoms. The number of benzene rings is 1. The number of likely N-dealkylation sites (N-methyl/N-ethyl adjacent to an activating group) is 1. The van der Waals surface area contributed by atoms with Crippen LogP contribution in [-0.4, -0.2) is 33.9 Å². The number of hydrogen-bond acceptors (Lipinski definition) is 3. The molecule has 18 heavy (non-hydrogen) atoms. The first kappa shape index (κ1) is 13.4. The van der Waals surface area contributed by atoms with Crippen molar-refractivity contribution in [1.82, 2.24) is 5.32 Å². The Balaban J connectivity index is 2.43. The third-order valence-corrected chi connectivity index (χ3v) is 3.89. The quantitative estimate of drug-likeness (QED) is 0.888. The normalized spacial score (nSPS) is 18.6. The fourth-order valence-corrected chi connectivity index (χ4v) is 2.88. The standard InChI is InChI=1S/C15H23NO2/c1-12-4-5-14(17-3)13(10-12)15(11-16-2)6-8-18-9-7-15/h4-5,10,16H,6-9,11H2,1-3H3. The molecule has 0 amide bonds. The summed E-state index contributed by atoms with van der Waals surface area (Å²) in [6.07, 6.45) is 2.10. The first-order chi connectivity index (χ1) is 8.72. The summed E-state index contributed by atoms with van der Waals surface area (Å²) in [5, 5.41) is 3.34. The summed E-state index contributed by atoms with van der Waals surface area (Å²) >= 11 is 0. The van der Waals surface area contributed by atoms with E-state index in [1.54, 1.807) is 7.11 Å². The van der Waals surface area contributed by atoms with Gasteiger partial charge in [0.1, 0.15) is 5.75 Å². The molecule has 100 valence electrons. The molecule has 1 saturated heterocycles. The number of ether oxygens (including phenoxy) is 2. The third-order valence-electron chi connectivity index (χ3n) is 3.89. The SMILES string of the molecule is CNCC1(c2cc(C)ccc2OC)CCOCC1. The van der Waals surface area contributed by atoms with E-state index in [4.69, 9.17) is 9.47 Å². The maximum absolute atomic E-state index is 5.56. The number of methoxy groups -OCH3 is 1. The Bertz CT molecular complexity index is 392. The van der Waals surface area contributed by atoms with E-state index in [-0.39, 0.29) is 5.41 Å². The van der Waals surface area contributed by atoms with Crippen LogP contribution in [0.1, 0.15) is 24.0 Å². The van der Waals surface area contributed by atoms with E-state index in [9.17, 15) is 0 Å². The molecule has 1 fully saturated rings. The Morgan fingerprint density at radius 3 is 2.67 bits per heavy atom. The van der Waals surface area contributed by atoms with Crippen LogP contribution in [-0.2, 0) is 10.2 Å². The lowest BCUT2D eigenvalue weighted by Gasteiger charge is -2.38. The van der Waals surface area contributed by atoms with Crippen molar-refractivity contribution in [2.24, 2.45) is 0 Å². The van der Waals surface area contributed by atoms with Crippen LogP contribution in [0.3, 0.4) is 0 Å².